The van der Waals surface area contributed by atoms with Gasteiger partial charge in [0.1, 0.15) is 17.2 Å². The third kappa shape index (κ3) is 3.04. The number of hydrogen-bond acceptors (Lipinski definition) is 4. The van der Waals surface area contributed by atoms with Crippen LogP contribution in [0.15, 0.2) is 0 Å². The Morgan fingerprint density at radius 3 is 3.05 bits per heavy atom. The van der Waals surface area contributed by atoms with Crippen LogP contribution in [0.5, 0.6) is 0 Å². The highest BCUT2D eigenvalue weighted by Crippen LogP contribution is 2.40. The molecular formula is C17H22N2O2S. The highest BCUT2D eigenvalue weighted by molar-refractivity contribution is 7.16. The Hall–Kier alpha value is -1.38. The van der Waals surface area contributed by atoms with E-state index in [-0.39, 0.29) is 12.0 Å². The van der Waals surface area contributed by atoms with Crippen LogP contribution in [0.2, 0.25) is 0 Å². The van der Waals surface area contributed by atoms with Crippen LogP contribution in [0.3, 0.4) is 0 Å². The second-order valence-electron chi connectivity index (χ2n) is 6.21. The predicted octanol–water partition coefficient (Wildman–Crippen LogP) is 3.64. The summed E-state index contributed by atoms with van der Waals surface area (Å²) in [5, 5.41) is 13.2. The van der Waals surface area contributed by atoms with E-state index in [2.05, 4.69) is 18.3 Å². The van der Waals surface area contributed by atoms with Crippen molar-refractivity contribution in [1.82, 2.24) is 0 Å². The molecule has 1 aromatic rings. The van der Waals surface area contributed by atoms with Gasteiger partial charge in [-0.2, -0.15) is 5.26 Å². The molecule has 0 unspecified atom stereocenters. The van der Waals surface area contributed by atoms with E-state index in [1.165, 1.54) is 23.3 Å². The van der Waals surface area contributed by atoms with Crippen molar-refractivity contribution in [2.24, 2.45) is 5.92 Å². The zero-order valence-electron chi connectivity index (χ0n) is 13.0. The molecule has 22 heavy (non-hydrogen) atoms. The van der Waals surface area contributed by atoms with Crippen LogP contribution in [0.25, 0.3) is 0 Å². The molecule has 0 spiro atoms. The molecule has 1 saturated heterocycles. The largest absolute Gasteiger partial charge is 0.368 e. The maximum Gasteiger partial charge on any atom is 0.254 e. The van der Waals surface area contributed by atoms with E-state index >= 15 is 0 Å². The molecule has 0 saturated carbocycles. The molecule has 1 N–H and O–H groups in total. The number of nitriles is 1. The summed E-state index contributed by atoms with van der Waals surface area (Å²) in [4.78, 5) is 13.5. The Morgan fingerprint density at radius 2 is 2.36 bits per heavy atom. The molecule has 3 rings (SSSR count). The first-order chi connectivity index (χ1) is 10.7. The third-order valence-electron chi connectivity index (χ3n) is 4.63. The molecule has 118 valence electrons. The monoisotopic (exact) mass is 318 g/mol. The van der Waals surface area contributed by atoms with Crippen LogP contribution >= 0.6 is 11.3 Å². The number of nitrogens with zero attached hydrogens (tertiary/aromatic N) is 1. The summed E-state index contributed by atoms with van der Waals surface area (Å²) in [7, 11) is 0. The van der Waals surface area contributed by atoms with E-state index in [9.17, 15) is 10.1 Å². The summed E-state index contributed by atoms with van der Waals surface area (Å²) in [5.41, 5.74) is 1.85. The van der Waals surface area contributed by atoms with E-state index in [1.807, 2.05) is 0 Å². The van der Waals surface area contributed by atoms with Crippen LogP contribution in [0.1, 0.15) is 55.0 Å². The average Bonchev–Trinajstić information content (AvgIpc) is 3.14. The molecule has 5 heteroatoms. The molecule has 1 amide bonds. The number of anilines is 1. The number of ether oxygens (including phenoxy) is 1. The van der Waals surface area contributed by atoms with Crippen LogP contribution in [0.4, 0.5) is 5.00 Å². The summed E-state index contributed by atoms with van der Waals surface area (Å²) >= 11 is 1.59. The SMILES string of the molecule is CCC[C@H]1CCc2c(sc(NC(=O)[C@H]3CCCO3)c2C#N)C1. The molecule has 1 aliphatic heterocycles. The maximum absolute atomic E-state index is 12.2. The molecule has 2 aliphatic rings. The van der Waals surface area contributed by atoms with Gasteiger partial charge in [0.25, 0.3) is 5.91 Å². The van der Waals surface area contributed by atoms with Crippen LogP contribution in [-0.4, -0.2) is 18.6 Å². The Kier molecular flexibility index (Phi) is 4.80. The summed E-state index contributed by atoms with van der Waals surface area (Å²) in [5.74, 6) is 0.627. The van der Waals surface area contributed by atoms with Gasteiger partial charge in [0.2, 0.25) is 0 Å². The summed E-state index contributed by atoms with van der Waals surface area (Å²) in [6.07, 6.45) is 6.99. The van der Waals surface area contributed by atoms with Gasteiger partial charge in [-0.3, -0.25) is 4.79 Å². The fourth-order valence-corrected chi connectivity index (χ4v) is 4.81. The quantitative estimate of drug-likeness (QED) is 0.922. The van der Waals surface area contributed by atoms with Gasteiger partial charge in [0.15, 0.2) is 0 Å². The number of nitrogens with one attached hydrogen (secondary N) is 1. The lowest BCUT2D eigenvalue weighted by atomic mass is 9.85. The second kappa shape index (κ2) is 6.80. The van der Waals surface area contributed by atoms with E-state index in [0.717, 1.165) is 43.0 Å². The van der Waals surface area contributed by atoms with E-state index in [4.69, 9.17) is 4.74 Å². The Balaban J connectivity index is 1.77. The Labute approximate surface area is 135 Å². The first-order valence-electron chi connectivity index (χ1n) is 8.20. The molecule has 1 fully saturated rings. The van der Waals surface area contributed by atoms with E-state index in [0.29, 0.717) is 12.2 Å². The predicted molar refractivity (Wildman–Crippen MR) is 87.1 cm³/mol. The zero-order chi connectivity index (χ0) is 15.5. The van der Waals surface area contributed by atoms with Crippen LogP contribution in [0, 0.1) is 17.2 Å². The smallest absolute Gasteiger partial charge is 0.254 e. The number of thiophene rings is 1. The average molecular weight is 318 g/mol. The van der Waals surface area contributed by atoms with Crippen molar-refractivity contribution in [2.45, 2.75) is 58.0 Å². The van der Waals surface area contributed by atoms with Gasteiger partial charge < -0.3 is 10.1 Å². The number of fused-ring (bicyclic) bond motifs is 1. The lowest BCUT2D eigenvalue weighted by molar-refractivity contribution is -0.124. The minimum absolute atomic E-state index is 0.0993. The normalized spacial score (nSPS) is 23.8. The molecule has 1 aliphatic carbocycles. The standard InChI is InChI=1S/C17H22N2O2S/c1-2-4-11-6-7-12-13(10-18)17(22-15(12)9-11)19-16(20)14-5-3-8-21-14/h11,14H,2-9H2,1H3,(H,19,20)/t11-,14+/m0/s1. The summed E-state index contributed by atoms with van der Waals surface area (Å²) in [6.45, 7) is 2.88. The molecule has 1 aromatic heterocycles. The van der Waals surface area contributed by atoms with Gasteiger partial charge >= 0.3 is 0 Å². The molecule has 2 heterocycles. The number of carbonyl (C=O) groups is 1. The Bertz CT molecular complexity index is 597. The number of carbonyl (C=O) groups excluding carboxylic acids is 1. The first kappa shape index (κ1) is 15.5. The maximum atomic E-state index is 12.2. The highest BCUT2D eigenvalue weighted by atomic mass is 32.1. The second-order valence-corrected chi connectivity index (χ2v) is 7.31. The van der Waals surface area contributed by atoms with Crippen molar-refractivity contribution in [3.05, 3.63) is 16.0 Å². The number of rotatable bonds is 4. The Morgan fingerprint density at radius 1 is 1.50 bits per heavy atom. The molecular weight excluding hydrogens is 296 g/mol. The van der Waals surface area contributed by atoms with Crippen molar-refractivity contribution in [1.29, 1.82) is 5.26 Å². The topological polar surface area (TPSA) is 62.1 Å². The van der Waals surface area contributed by atoms with Crippen molar-refractivity contribution in [3.8, 4) is 6.07 Å². The van der Waals surface area contributed by atoms with Crippen molar-refractivity contribution < 1.29 is 9.53 Å². The molecule has 0 bridgehead atoms. The van der Waals surface area contributed by atoms with Gasteiger partial charge in [0.05, 0.1) is 5.56 Å². The lowest BCUT2D eigenvalue weighted by Gasteiger charge is -2.21. The first-order valence-corrected chi connectivity index (χ1v) is 9.01. The van der Waals surface area contributed by atoms with Crippen LogP contribution < -0.4 is 5.32 Å². The van der Waals surface area contributed by atoms with Gasteiger partial charge in [-0.25, -0.2) is 0 Å². The molecule has 0 radical (unpaired) electrons. The minimum Gasteiger partial charge on any atom is -0.368 e. The van der Waals surface area contributed by atoms with Crippen LogP contribution in [-0.2, 0) is 22.4 Å². The fraction of sp³-hybridized carbons (Fsp3) is 0.647. The lowest BCUT2D eigenvalue weighted by Crippen LogP contribution is -2.26. The van der Waals surface area contributed by atoms with Gasteiger partial charge in [-0.05, 0) is 43.6 Å². The molecule has 4 nitrogen and oxygen atoms in total. The summed E-state index contributed by atoms with van der Waals surface area (Å²) < 4.78 is 5.42. The molecule has 0 aromatic carbocycles. The third-order valence-corrected chi connectivity index (χ3v) is 5.80. The fourth-order valence-electron chi connectivity index (χ4n) is 3.49. The van der Waals surface area contributed by atoms with E-state index < -0.39 is 0 Å². The number of amides is 1. The zero-order valence-corrected chi connectivity index (χ0v) is 13.8. The van der Waals surface area contributed by atoms with Gasteiger partial charge in [-0.15, -0.1) is 11.3 Å². The summed E-state index contributed by atoms with van der Waals surface area (Å²) in [6, 6.07) is 2.30. The van der Waals surface area contributed by atoms with Crippen molar-refractivity contribution in [3.63, 3.8) is 0 Å². The highest BCUT2D eigenvalue weighted by Gasteiger charge is 2.28. The van der Waals surface area contributed by atoms with Gasteiger partial charge in [-0.1, -0.05) is 19.8 Å². The van der Waals surface area contributed by atoms with Gasteiger partial charge in [0, 0.05) is 11.5 Å². The van der Waals surface area contributed by atoms with Crippen molar-refractivity contribution >= 4 is 22.2 Å². The van der Waals surface area contributed by atoms with Crippen molar-refractivity contribution in [2.75, 3.05) is 11.9 Å². The minimum atomic E-state index is -0.349. The molecule has 2 atom stereocenters. The van der Waals surface area contributed by atoms with E-state index in [1.54, 1.807) is 11.3 Å². The number of hydrogen-bond donors (Lipinski definition) is 1.